The number of amides is 2. The smallest absolute Gasteiger partial charge is 0.407 e. The fraction of sp³-hybridized carbons (Fsp3) is 0.393. The van der Waals surface area contributed by atoms with Crippen LogP contribution in [0.25, 0.3) is 11.1 Å². The molecule has 0 bridgehead atoms. The lowest BCUT2D eigenvalue weighted by molar-refractivity contribution is -0.156. The van der Waals surface area contributed by atoms with E-state index >= 15 is 0 Å². The van der Waals surface area contributed by atoms with E-state index in [-0.39, 0.29) is 30.8 Å². The van der Waals surface area contributed by atoms with Gasteiger partial charge in [-0.3, -0.25) is 4.79 Å². The number of terminal acetylenes is 1. The van der Waals surface area contributed by atoms with Gasteiger partial charge in [0.1, 0.15) is 18.7 Å². The largest absolute Gasteiger partial charge is 0.480 e. The van der Waals surface area contributed by atoms with Gasteiger partial charge in [0.25, 0.3) is 0 Å². The minimum Gasteiger partial charge on any atom is -0.480 e. The van der Waals surface area contributed by atoms with Crippen LogP contribution in [0.4, 0.5) is 4.79 Å². The molecule has 0 aromatic heterocycles. The van der Waals surface area contributed by atoms with E-state index in [1.54, 1.807) is 0 Å². The third-order valence-electron chi connectivity index (χ3n) is 6.95. The number of alkyl carbamates (subject to hydrolysis) is 1. The zero-order valence-corrected chi connectivity index (χ0v) is 19.9. The summed E-state index contributed by atoms with van der Waals surface area (Å²) in [5.74, 6) is 0.684. The molecule has 4 rings (SSSR count). The highest BCUT2D eigenvalue weighted by Crippen LogP contribution is 2.44. The Morgan fingerprint density at radius 3 is 2.29 bits per heavy atom. The molecule has 2 amide bonds. The van der Waals surface area contributed by atoms with E-state index in [0.29, 0.717) is 13.0 Å². The first-order chi connectivity index (χ1) is 16.8. The number of ether oxygens (including phenoxy) is 1. The Morgan fingerprint density at radius 2 is 1.71 bits per heavy atom. The predicted molar refractivity (Wildman–Crippen MR) is 132 cm³/mol. The molecular weight excluding hydrogens is 444 g/mol. The first kappa shape index (κ1) is 24.3. The molecule has 2 aromatic rings. The van der Waals surface area contributed by atoms with E-state index in [2.05, 4.69) is 23.4 Å². The average Bonchev–Trinajstić information content (AvgIpc) is 3.15. The number of hydrogen-bond donors (Lipinski definition) is 2. The normalized spacial score (nSPS) is 21.9. The van der Waals surface area contributed by atoms with Gasteiger partial charge in [0.15, 0.2) is 0 Å². The van der Waals surface area contributed by atoms with Crippen molar-refractivity contribution >= 4 is 18.0 Å². The number of rotatable bonds is 6. The van der Waals surface area contributed by atoms with Crippen LogP contribution in [0.5, 0.6) is 0 Å². The Kier molecular flexibility index (Phi) is 7.11. The van der Waals surface area contributed by atoms with Gasteiger partial charge < -0.3 is 20.1 Å². The summed E-state index contributed by atoms with van der Waals surface area (Å²) in [6, 6.07) is 14.0. The molecule has 1 heterocycles. The Labute approximate surface area is 205 Å². The summed E-state index contributed by atoms with van der Waals surface area (Å²) >= 11 is 0. The summed E-state index contributed by atoms with van der Waals surface area (Å²) in [5.41, 5.74) is 4.40. The van der Waals surface area contributed by atoms with E-state index in [4.69, 9.17) is 11.2 Å². The van der Waals surface area contributed by atoms with Crippen LogP contribution in [0.15, 0.2) is 48.5 Å². The van der Waals surface area contributed by atoms with Crippen LogP contribution in [0.1, 0.15) is 43.7 Å². The van der Waals surface area contributed by atoms with Gasteiger partial charge in [-0.1, -0.05) is 62.4 Å². The number of piperidine rings is 1. The van der Waals surface area contributed by atoms with E-state index < -0.39 is 30.1 Å². The van der Waals surface area contributed by atoms with Gasteiger partial charge in [0, 0.05) is 18.9 Å². The molecule has 0 radical (unpaired) electrons. The van der Waals surface area contributed by atoms with Crippen LogP contribution >= 0.6 is 0 Å². The lowest BCUT2D eigenvalue weighted by Gasteiger charge is -2.41. The Morgan fingerprint density at radius 1 is 1.11 bits per heavy atom. The molecule has 7 nitrogen and oxygen atoms in total. The maximum Gasteiger partial charge on any atom is 0.407 e. The third kappa shape index (κ3) is 4.88. The van der Waals surface area contributed by atoms with Crippen LogP contribution < -0.4 is 5.32 Å². The molecule has 0 spiro atoms. The number of fused-ring (bicyclic) bond motifs is 3. The molecule has 182 valence electrons. The number of aliphatic carboxylic acids is 1. The van der Waals surface area contributed by atoms with Gasteiger partial charge in [-0.2, -0.15) is 0 Å². The van der Waals surface area contributed by atoms with Crippen molar-refractivity contribution in [2.75, 3.05) is 13.2 Å². The fourth-order valence-corrected chi connectivity index (χ4v) is 5.50. The first-order valence-electron chi connectivity index (χ1n) is 11.9. The SMILES string of the molecule is C#CCC(NC(=O)OCC1c2ccccc2-c2ccccc21)C(=O)N1CC(C)CC(C)C1C(=O)O. The maximum atomic E-state index is 13.3. The molecule has 2 N–H and O–H groups in total. The van der Waals surface area contributed by atoms with E-state index in [0.717, 1.165) is 22.3 Å². The summed E-state index contributed by atoms with van der Waals surface area (Å²) in [7, 11) is 0. The standard InChI is InChI=1S/C28H30N2O5/c1-4-9-24(26(31)30-15-17(2)14-18(3)25(30)27(32)33)29-28(34)35-16-23-21-12-7-5-10-19(21)20-11-6-8-13-22(20)23/h1,5-8,10-13,17-18,23-25H,9,14-16H2,2-3H3,(H,29,34)(H,32,33). The van der Waals surface area contributed by atoms with Gasteiger partial charge in [0.2, 0.25) is 5.91 Å². The van der Waals surface area contributed by atoms with Crippen molar-refractivity contribution in [3.63, 3.8) is 0 Å². The molecule has 2 aromatic carbocycles. The summed E-state index contributed by atoms with van der Waals surface area (Å²) in [6.07, 6.45) is 5.36. The molecule has 1 aliphatic carbocycles. The Hall–Kier alpha value is -3.79. The zero-order chi connectivity index (χ0) is 25.1. The van der Waals surface area contributed by atoms with Crippen molar-refractivity contribution in [3.05, 3.63) is 59.7 Å². The molecule has 1 aliphatic heterocycles. The highest BCUT2D eigenvalue weighted by atomic mass is 16.5. The van der Waals surface area contributed by atoms with Crippen LogP contribution in [-0.4, -0.2) is 53.2 Å². The van der Waals surface area contributed by atoms with Crippen LogP contribution in [0.3, 0.4) is 0 Å². The average molecular weight is 475 g/mol. The number of carboxylic acid groups (broad SMARTS) is 1. The Balaban J connectivity index is 1.46. The maximum absolute atomic E-state index is 13.3. The molecule has 1 fully saturated rings. The topological polar surface area (TPSA) is 95.9 Å². The second kappa shape index (κ2) is 10.2. The van der Waals surface area contributed by atoms with Crippen molar-refractivity contribution in [2.24, 2.45) is 11.8 Å². The number of carbonyl (C=O) groups is 3. The highest BCUT2D eigenvalue weighted by molar-refractivity contribution is 5.90. The molecular formula is C28H30N2O5. The van der Waals surface area contributed by atoms with Gasteiger partial charge in [-0.05, 0) is 40.5 Å². The molecule has 35 heavy (non-hydrogen) atoms. The number of carboxylic acids is 1. The fourth-order valence-electron chi connectivity index (χ4n) is 5.50. The van der Waals surface area contributed by atoms with E-state index in [1.807, 2.05) is 50.2 Å². The van der Waals surface area contributed by atoms with Crippen molar-refractivity contribution in [2.45, 2.75) is 44.7 Å². The number of nitrogens with one attached hydrogen (secondary N) is 1. The lowest BCUT2D eigenvalue weighted by atomic mass is 9.84. The van der Waals surface area contributed by atoms with E-state index in [1.165, 1.54) is 4.90 Å². The van der Waals surface area contributed by atoms with Crippen molar-refractivity contribution < 1.29 is 24.2 Å². The zero-order valence-electron chi connectivity index (χ0n) is 19.9. The minimum absolute atomic E-state index is 0.0609. The van der Waals surface area contributed by atoms with Gasteiger partial charge in [-0.25, -0.2) is 9.59 Å². The third-order valence-corrected chi connectivity index (χ3v) is 6.95. The van der Waals surface area contributed by atoms with Gasteiger partial charge >= 0.3 is 12.1 Å². The van der Waals surface area contributed by atoms with Gasteiger partial charge in [-0.15, -0.1) is 12.3 Å². The van der Waals surface area contributed by atoms with Gasteiger partial charge in [0.05, 0.1) is 0 Å². The minimum atomic E-state index is -1.06. The number of hydrogen-bond acceptors (Lipinski definition) is 4. The number of nitrogens with zero attached hydrogens (tertiary/aromatic N) is 1. The Bertz CT molecular complexity index is 1120. The number of carbonyl (C=O) groups excluding carboxylic acids is 2. The van der Waals surface area contributed by atoms with Crippen LogP contribution in [0.2, 0.25) is 0 Å². The lowest BCUT2D eigenvalue weighted by Crippen LogP contribution is -2.59. The quantitative estimate of drug-likeness (QED) is 0.620. The number of likely N-dealkylation sites (tertiary alicyclic amines) is 1. The molecule has 0 saturated carbocycles. The summed E-state index contributed by atoms with van der Waals surface area (Å²) in [6.45, 7) is 4.20. The summed E-state index contributed by atoms with van der Waals surface area (Å²) < 4.78 is 5.56. The molecule has 4 unspecified atom stereocenters. The molecule has 4 atom stereocenters. The van der Waals surface area contributed by atoms with Crippen molar-refractivity contribution in [1.82, 2.24) is 10.2 Å². The van der Waals surface area contributed by atoms with Crippen molar-refractivity contribution in [3.8, 4) is 23.5 Å². The summed E-state index contributed by atoms with van der Waals surface area (Å²) in [4.78, 5) is 39.3. The number of benzene rings is 2. The predicted octanol–water partition coefficient (Wildman–Crippen LogP) is 3.87. The van der Waals surface area contributed by atoms with Crippen LogP contribution in [0, 0.1) is 24.2 Å². The van der Waals surface area contributed by atoms with E-state index in [9.17, 15) is 19.5 Å². The van der Waals surface area contributed by atoms with Crippen LogP contribution in [-0.2, 0) is 14.3 Å². The van der Waals surface area contributed by atoms with Crippen molar-refractivity contribution in [1.29, 1.82) is 0 Å². The monoisotopic (exact) mass is 474 g/mol. The molecule has 1 saturated heterocycles. The molecule has 7 heteroatoms. The summed E-state index contributed by atoms with van der Waals surface area (Å²) in [5, 5.41) is 12.3. The first-order valence-corrected chi connectivity index (χ1v) is 11.9. The second-order valence-electron chi connectivity index (χ2n) is 9.52. The molecule has 2 aliphatic rings. The second-order valence-corrected chi connectivity index (χ2v) is 9.52. The highest BCUT2D eigenvalue weighted by Gasteiger charge is 2.42.